The molecule has 0 aromatic heterocycles. The molecule has 0 aliphatic heterocycles. The molecule has 22 heavy (non-hydrogen) atoms. The van der Waals surface area contributed by atoms with Crippen molar-refractivity contribution in [2.45, 2.75) is 39.8 Å². The maximum Gasteiger partial charge on any atom is 0.329 e. The van der Waals surface area contributed by atoms with Crippen molar-refractivity contribution < 1.29 is 19.1 Å². The van der Waals surface area contributed by atoms with Crippen LogP contribution in [0.4, 0.5) is 4.39 Å². The second kappa shape index (κ2) is 6.87. The number of nitrogens with one attached hydrogen (secondary N) is 2. The molecule has 0 fully saturated rings. The van der Waals surface area contributed by atoms with Crippen LogP contribution >= 0.6 is 0 Å². The van der Waals surface area contributed by atoms with E-state index >= 15 is 0 Å². The minimum absolute atomic E-state index is 0.0462. The Bertz CT molecular complexity index is 555. The topological polar surface area (TPSA) is 78.4 Å². The van der Waals surface area contributed by atoms with E-state index in [1.165, 1.54) is 19.1 Å². The first kappa shape index (κ1) is 18.1. The molecule has 1 atom stereocenters. The van der Waals surface area contributed by atoms with E-state index in [-0.39, 0.29) is 12.4 Å². The van der Waals surface area contributed by atoms with Gasteiger partial charge in [0, 0.05) is 6.54 Å². The maximum atomic E-state index is 13.0. The number of halogens is 1. The number of carbonyl (C=O) groups excluding carboxylic acids is 1. The Labute approximate surface area is 129 Å². The van der Waals surface area contributed by atoms with Crippen LogP contribution in [-0.4, -0.2) is 29.1 Å². The summed E-state index contributed by atoms with van der Waals surface area (Å²) in [7, 11) is 0. The van der Waals surface area contributed by atoms with Gasteiger partial charge in [-0.2, -0.15) is 0 Å². The summed E-state index contributed by atoms with van der Waals surface area (Å²) in [5, 5.41) is 14.8. The Morgan fingerprint density at radius 1 is 1.23 bits per heavy atom. The molecule has 0 radical (unpaired) electrons. The van der Waals surface area contributed by atoms with Crippen LogP contribution in [0.3, 0.4) is 0 Å². The molecule has 1 amide bonds. The van der Waals surface area contributed by atoms with Crippen molar-refractivity contribution in [3.63, 3.8) is 0 Å². The fourth-order valence-corrected chi connectivity index (χ4v) is 1.85. The summed E-state index contributed by atoms with van der Waals surface area (Å²) in [4.78, 5) is 23.4. The van der Waals surface area contributed by atoms with Gasteiger partial charge in [0.1, 0.15) is 11.4 Å². The largest absolute Gasteiger partial charge is 0.479 e. The molecular formula is C16H23FN2O3. The van der Waals surface area contributed by atoms with Crippen LogP contribution in [0, 0.1) is 11.2 Å². The lowest BCUT2D eigenvalue weighted by Gasteiger charge is -2.38. The van der Waals surface area contributed by atoms with Crippen LogP contribution in [0.5, 0.6) is 0 Å². The molecule has 1 rings (SSSR count). The van der Waals surface area contributed by atoms with Crippen LogP contribution in [0.25, 0.3) is 0 Å². The zero-order valence-electron chi connectivity index (χ0n) is 13.4. The second-order valence-corrected chi connectivity index (χ2v) is 6.46. The van der Waals surface area contributed by atoms with E-state index in [9.17, 15) is 19.1 Å². The summed E-state index contributed by atoms with van der Waals surface area (Å²) >= 11 is 0. The van der Waals surface area contributed by atoms with Crippen molar-refractivity contribution in [2.24, 2.45) is 5.41 Å². The average molecular weight is 310 g/mol. The van der Waals surface area contributed by atoms with E-state index in [0.717, 1.165) is 0 Å². The molecule has 0 aliphatic carbocycles. The fourth-order valence-electron chi connectivity index (χ4n) is 1.85. The number of hydrogen-bond acceptors (Lipinski definition) is 3. The van der Waals surface area contributed by atoms with Gasteiger partial charge in [-0.15, -0.1) is 0 Å². The number of aliphatic carboxylic acids is 1. The predicted molar refractivity (Wildman–Crippen MR) is 81.7 cm³/mol. The third-order valence-electron chi connectivity index (χ3n) is 3.82. The SMILES string of the molecule is CC(C)(C)[C@](C)(NC(=O)CNCc1cccc(F)c1)C(=O)O. The number of carboxylic acid groups (broad SMARTS) is 1. The third kappa shape index (κ3) is 4.53. The third-order valence-corrected chi connectivity index (χ3v) is 3.82. The molecular weight excluding hydrogens is 287 g/mol. The van der Waals surface area contributed by atoms with Crippen LogP contribution in [0.15, 0.2) is 24.3 Å². The van der Waals surface area contributed by atoms with Gasteiger partial charge in [0.15, 0.2) is 0 Å². The van der Waals surface area contributed by atoms with Gasteiger partial charge in [-0.05, 0) is 30.0 Å². The van der Waals surface area contributed by atoms with Gasteiger partial charge in [0.05, 0.1) is 6.54 Å². The number of carboxylic acids is 1. The van der Waals surface area contributed by atoms with Crippen LogP contribution < -0.4 is 10.6 Å². The lowest BCUT2D eigenvalue weighted by atomic mass is 9.75. The molecule has 0 saturated carbocycles. The van der Waals surface area contributed by atoms with Crippen molar-refractivity contribution in [1.82, 2.24) is 10.6 Å². The molecule has 122 valence electrons. The average Bonchev–Trinajstić information content (AvgIpc) is 2.37. The lowest BCUT2D eigenvalue weighted by molar-refractivity contribution is -0.151. The summed E-state index contributed by atoms with van der Waals surface area (Å²) in [6.45, 7) is 7.02. The lowest BCUT2D eigenvalue weighted by Crippen LogP contribution is -2.61. The highest BCUT2D eigenvalue weighted by Gasteiger charge is 2.45. The molecule has 6 heteroatoms. The maximum absolute atomic E-state index is 13.0. The van der Waals surface area contributed by atoms with E-state index in [2.05, 4.69) is 10.6 Å². The van der Waals surface area contributed by atoms with E-state index < -0.39 is 22.8 Å². The minimum atomic E-state index is -1.37. The quantitative estimate of drug-likeness (QED) is 0.750. The molecule has 0 saturated heterocycles. The number of hydrogen-bond donors (Lipinski definition) is 3. The summed E-state index contributed by atoms with van der Waals surface area (Å²) in [6, 6.07) is 6.05. The molecule has 0 heterocycles. The van der Waals surface area contributed by atoms with Gasteiger partial charge in [-0.1, -0.05) is 32.9 Å². The molecule has 0 spiro atoms. The van der Waals surface area contributed by atoms with Gasteiger partial charge in [-0.3, -0.25) is 4.79 Å². The van der Waals surface area contributed by atoms with E-state index in [4.69, 9.17) is 0 Å². The highest BCUT2D eigenvalue weighted by atomic mass is 19.1. The van der Waals surface area contributed by atoms with Gasteiger partial charge in [0.25, 0.3) is 0 Å². The van der Waals surface area contributed by atoms with Gasteiger partial charge >= 0.3 is 5.97 Å². The van der Waals surface area contributed by atoms with Gasteiger partial charge < -0.3 is 15.7 Å². The number of rotatable bonds is 6. The van der Waals surface area contributed by atoms with Crippen LogP contribution in [0.2, 0.25) is 0 Å². The second-order valence-electron chi connectivity index (χ2n) is 6.46. The molecule has 1 aromatic carbocycles. The first-order valence-electron chi connectivity index (χ1n) is 7.06. The molecule has 0 aliphatic rings. The summed E-state index contributed by atoms with van der Waals surface area (Å²) in [5.74, 6) is -1.84. The Morgan fingerprint density at radius 3 is 2.36 bits per heavy atom. The highest BCUT2D eigenvalue weighted by molar-refractivity contribution is 5.88. The van der Waals surface area contributed by atoms with E-state index in [1.807, 2.05) is 0 Å². The summed E-state index contributed by atoms with van der Waals surface area (Å²) < 4.78 is 13.0. The molecule has 3 N–H and O–H groups in total. The van der Waals surface area contributed by atoms with Crippen LogP contribution in [0.1, 0.15) is 33.3 Å². The molecule has 0 bridgehead atoms. The zero-order valence-corrected chi connectivity index (χ0v) is 13.4. The monoisotopic (exact) mass is 310 g/mol. The Kier molecular flexibility index (Phi) is 5.65. The Balaban J connectivity index is 2.57. The van der Waals surface area contributed by atoms with Crippen molar-refractivity contribution in [1.29, 1.82) is 0 Å². The van der Waals surface area contributed by atoms with Crippen LogP contribution in [-0.2, 0) is 16.1 Å². The molecule has 5 nitrogen and oxygen atoms in total. The zero-order chi connectivity index (χ0) is 17.0. The number of benzene rings is 1. The standard InChI is InChI=1S/C16H23FN2O3/c1-15(2,3)16(4,14(21)22)19-13(20)10-18-9-11-6-5-7-12(17)8-11/h5-8,18H,9-10H2,1-4H3,(H,19,20)(H,21,22)/t16-/m1/s1. The predicted octanol–water partition coefficient (Wildman–Crippen LogP) is 1.92. The summed E-state index contributed by atoms with van der Waals surface area (Å²) in [6.07, 6.45) is 0. The van der Waals surface area contributed by atoms with E-state index in [1.54, 1.807) is 32.9 Å². The van der Waals surface area contributed by atoms with Crippen molar-refractivity contribution in [3.05, 3.63) is 35.6 Å². The van der Waals surface area contributed by atoms with Crippen molar-refractivity contribution >= 4 is 11.9 Å². The number of amides is 1. The van der Waals surface area contributed by atoms with Crippen molar-refractivity contribution in [3.8, 4) is 0 Å². The molecule has 1 aromatic rings. The fraction of sp³-hybridized carbons (Fsp3) is 0.500. The minimum Gasteiger partial charge on any atom is -0.479 e. The van der Waals surface area contributed by atoms with Gasteiger partial charge in [0.2, 0.25) is 5.91 Å². The smallest absolute Gasteiger partial charge is 0.329 e. The van der Waals surface area contributed by atoms with Crippen molar-refractivity contribution in [2.75, 3.05) is 6.54 Å². The first-order chi connectivity index (χ1) is 10.1. The normalized spacial score (nSPS) is 14.2. The number of carbonyl (C=O) groups is 2. The highest BCUT2D eigenvalue weighted by Crippen LogP contribution is 2.30. The molecule has 0 unspecified atom stereocenters. The van der Waals surface area contributed by atoms with E-state index in [0.29, 0.717) is 12.1 Å². The first-order valence-corrected chi connectivity index (χ1v) is 7.06. The Hall–Kier alpha value is -1.95. The summed E-state index contributed by atoms with van der Waals surface area (Å²) in [5.41, 5.74) is -1.30. The van der Waals surface area contributed by atoms with Gasteiger partial charge in [-0.25, -0.2) is 9.18 Å². The Morgan fingerprint density at radius 2 is 1.86 bits per heavy atom.